The maximum atomic E-state index is 13.9. The Morgan fingerprint density at radius 2 is 1.66 bits per heavy atom. The molecule has 0 aliphatic rings. The highest BCUT2D eigenvalue weighted by Gasteiger charge is 2.31. The van der Waals surface area contributed by atoms with Gasteiger partial charge in [-0.2, -0.15) is 13.2 Å². The van der Waals surface area contributed by atoms with E-state index in [1.165, 1.54) is 18.2 Å². The summed E-state index contributed by atoms with van der Waals surface area (Å²) in [5.74, 6) is -2.81. The van der Waals surface area contributed by atoms with Crippen LogP contribution in [0.2, 0.25) is 0 Å². The van der Waals surface area contributed by atoms with Gasteiger partial charge in [0.05, 0.1) is 12.2 Å². The monoisotopic (exact) mass is 500 g/mol. The van der Waals surface area contributed by atoms with Crippen molar-refractivity contribution in [3.8, 4) is 11.5 Å². The van der Waals surface area contributed by atoms with E-state index in [-0.39, 0.29) is 29.7 Å². The third kappa shape index (κ3) is 8.43. The topological polar surface area (TPSA) is 77.1 Å². The first kappa shape index (κ1) is 27.9. The first-order valence-corrected chi connectivity index (χ1v) is 11.0. The lowest BCUT2D eigenvalue weighted by Crippen LogP contribution is -2.28. The van der Waals surface area contributed by atoms with Gasteiger partial charge < -0.3 is 24.4 Å². The second-order valence-corrected chi connectivity index (χ2v) is 7.29. The van der Waals surface area contributed by atoms with E-state index < -0.39 is 41.8 Å². The lowest BCUT2D eigenvalue weighted by atomic mass is 10.1. The molecule has 0 saturated carbocycles. The molecule has 0 atom stereocenters. The maximum Gasteiger partial charge on any atom is 0.416 e. The molecular weight excluding hydrogens is 472 g/mol. The molecule has 0 saturated heterocycles. The highest BCUT2D eigenvalue weighted by molar-refractivity contribution is 5.97. The Morgan fingerprint density at radius 1 is 0.971 bits per heavy atom. The number of benzene rings is 2. The Bertz CT molecular complexity index is 1010. The number of amides is 1. The average Bonchev–Trinajstić information content (AvgIpc) is 2.81. The quantitative estimate of drug-likeness (QED) is 0.335. The van der Waals surface area contributed by atoms with Gasteiger partial charge in [0.1, 0.15) is 17.9 Å². The molecule has 0 aliphatic heterocycles. The first-order chi connectivity index (χ1) is 16.6. The van der Waals surface area contributed by atoms with Gasteiger partial charge in [-0.1, -0.05) is 13.8 Å². The number of likely N-dealkylation sites (N-methyl/N-ethyl adjacent to an activating group) is 1. The van der Waals surface area contributed by atoms with Crippen LogP contribution < -0.4 is 14.8 Å². The second-order valence-electron chi connectivity index (χ2n) is 7.29. The van der Waals surface area contributed by atoms with Gasteiger partial charge in [0.15, 0.2) is 18.2 Å². The molecule has 0 heterocycles. The Morgan fingerprint density at radius 3 is 2.26 bits per heavy atom. The molecule has 2 aromatic carbocycles. The van der Waals surface area contributed by atoms with E-state index in [9.17, 15) is 27.2 Å². The number of anilines is 1. The number of nitrogens with one attached hydrogen (secondary N) is 1. The molecular formula is C24H28F4N2O5. The number of carbonyl (C=O) groups excluding carboxylic acids is 2. The lowest BCUT2D eigenvalue weighted by Gasteiger charge is -2.19. The van der Waals surface area contributed by atoms with Gasteiger partial charge in [-0.3, -0.25) is 4.79 Å². The molecule has 2 aromatic rings. The number of hydrogen-bond acceptors (Lipinski definition) is 6. The van der Waals surface area contributed by atoms with Crippen LogP contribution in [0.5, 0.6) is 11.5 Å². The minimum Gasteiger partial charge on any atom is -0.491 e. The number of nitrogens with zero attached hydrogens (tertiary/aromatic N) is 1. The third-order valence-electron chi connectivity index (χ3n) is 4.94. The molecule has 2 rings (SSSR count). The average molecular weight is 500 g/mol. The Kier molecular flexibility index (Phi) is 10.3. The second kappa shape index (κ2) is 12.9. The molecule has 0 radical (unpaired) electrons. The zero-order valence-corrected chi connectivity index (χ0v) is 19.7. The van der Waals surface area contributed by atoms with Crippen molar-refractivity contribution >= 4 is 17.6 Å². The standard InChI is InChI=1S/C24H28F4N2O5/c1-4-30(5-2)11-12-34-20-10-8-17(14-18(20)23(32)33-6-3)29-22(31)15-35-21-9-7-16(13-19(21)25)24(26,27)28/h7-10,13-14H,4-6,11-12,15H2,1-3H3,(H,29,31). The maximum absolute atomic E-state index is 13.9. The van der Waals surface area contributed by atoms with Crippen LogP contribution in [0.25, 0.3) is 0 Å². The van der Waals surface area contributed by atoms with E-state index in [1.54, 1.807) is 6.92 Å². The third-order valence-corrected chi connectivity index (χ3v) is 4.94. The van der Waals surface area contributed by atoms with E-state index in [2.05, 4.69) is 10.2 Å². The summed E-state index contributed by atoms with van der Waals surface area (Å²) < 4.78 is 67.6. The summed E-state index contributed by atoms with van der Waals surface area (Å²) in [6.45, 7) is 7.89. The molecule has 11 heteroatoms. The first-order valence-electron chi connectivity index (χ1n) is 11.0. The van der Waals surface area contributed by atoms with E-state index in [0.29, 0.717) is 19.2 Å². The smallest absolute Gasteiger partial charge is 0.416 e. The van der Waals surface area contributed by atoms with E-state index >= 15 is 0 Å². The van der Waals surface area contributed by atoms with Crippen LogP contribution in [-0.4, -0.2) is 56.2 Å². The van der Waals surface area contributed by atoms with Gasteiger partial charge in [0, 0.05) is 12.2 Å². The van der Waals surface area contributed by atoms with Crippen molar-refractivity contribution in [2.45, 2.75) is 26.9 Å². The van der Waals surface area contributed by atoms with Gasteiger partial charge >= 0.3 is 12.1 Å². The van der Waals surface area contributed by atoms with Crippen molar-refractivity contribution in [2.75, 3.05) is 44.8 Å². The number of esters is 1. The molecule has 0 spiro atoms. The van der Waals surface area contributed by atoms with Gasteiger partial charge in [0.2, 0.25) is 0 Å². The predicted octanol–water partition coefficient (Wildman–Crippen LogP) is 4.76. The zero-order valence-electron chi connectivity index (χ0n) is 19.7. The van der Waals surface area contributed by atoms with Crippen LogP contribution in [0.4, 0.5) is 23.2 Å². The van der Waals surface area contributed by atoms with Gasteiger partial charge in [0.25, 0.3) is 5.91 Å². The van der Waals surface area contributed by atoms with Crippen LogP contribution in [0.15, 0.2) is 36.4 Å². The molecule has 0 aromatic heterocycles. The fourth-order valence-electron chi connectivity index (χ4n) is 3.06. The predicted molar refractivity (Wildman–Crippen MR) is 121 cm³/mol. The summed E-state index contributed by atoms with van der Waals surface area (Å²) in [6.07, 6.45) is -4.70. The normalized spacial score (nSPS) is 11.3. The number of ether oxygens (including phenoxy) is 3. The molecule has 1 amide bonds. The summed E-state index contributed by atoms with van der Waals surface area (Å²) >= 11 is 0. The molecule has 1 N–H and O–H groups in total. The minimum absolute atomic E-state index is 0.110. The fraction of sp³-hybridized carbons (Fsp3) is 0.417. The van der Waals surface area contributed by atoms with E-state index in [1.807, 2.05) is 13.8 Å². The van der Waals surface area contributed by atoms with Crippen molar-refractivity contribution in [3.63, 3.8) is 0 Å². The molecule has 0 fully saturated rings. The van der Waals surface area contributed by atoms with Crippen molar-refractivity contribution in [3.05, 3.63) is 53.3 Å². The highest BCUT2D eigenvalue weighted by atomic mass is 19.4. The largest absolute Gasteiger partial charge is 0.491 e. The van der Waals surface area contributed by atoms with Gasteiger partial charge in [-0.05, 0) is 56.4 Å². The Hall–Kier alpha value is -3.34. The van der Waals surface area contributed by atoms with Gasteiger partial charge in [-0.15, -0.1) is 0 Å². The van der Waals surface area contributed by atoms with Crippen LogP contribution in [-0.2, 0) is 15.7 Å². The summed E-state index contributed by atoms with van der Waals surface area (Å²) in [7, 11) is 0. The summed E-state index contributed by atoms with van der Waals surface area (Å²) in [5, 5.41) is 2.49. The lowest BCUT2D eigenvalue weighted by molar-refractivity contribution is -0.137. The number of rotatable bonds is 12. The van der Waals surface area contributed by atoms with Crippen molar-refractivity contribution in [2.24, 2.45) is 0 Å². The molecule has 0 aliphatic carbocycles. The molecule has 192 valence electrons. The molecule has 0 bridgehead atoms. The van der Waals surface area contributed by atoms with E-state index in [0.717, 1.165) is 19.2 Å². The van der Waals surface area contributed by atoms with Crippen LogP contribution >= 0.6 is 0 Å². The Labute approximate surface area is 201 Å². The summed E-state index contributed by atoms with van der Waals surface area (Å²) in [5.41, 5.74) is -0.831. The van der Waals surface area contributed by atoms with Crippen molar-refractivity contribution in [1.82, 2.24) is 4.90 Å². The SMILES string of the molecule is CCOC(=O)c1cc(NC(=O)COc2ccc(C(F)(F)F)cc2F)ccc1OCCN(CC)CC. The van der Waals surface area contributed by atoms with Crippen LogP contribution in [0.1, 0.15) is 36.7 Å². The van der Waals surface area contributed by atoms with Crippen LogP contribution in [0, 0.1) is 5.82 Å². The summed E-state index contributed by atoms with van der Waals surface area (Å²) in [6, 6.07) is 6.14. The van der Waals surface area contributed by atoms with Crippen molar-refractivity contribution in [1.29, 1.82) is 0 Å². The Balaban J connectivity index is 2.05. The number of alkyl halides is 3. The highest BCUT2D eigenvalue weighted by Crippen LogP contribution is 2.32. The fourth-order valence-corrected chi connectivity index (χ4v) is 3.06. The zero-order chi connectivity index (χ0) is 26.0. The molecule has 0 unspecified atom stereocenters. The molecule has 35 heavy (non-hydrogen) atoms. The summed E-state index contributed by atoms with van der Waals surface area (Å²) in [4.78, 5) is 26.8. The van der Waals surface area contributed by atoms with Crippen LogP contribution in [0.3, 0.4) is 0 Å². The van der Waals surface area contributed by atoms with Gasteiger partial charge in [-0.25, -0.2) is 9.18 Å². The number of carbonyl (C=O) groups is 2. The van der Waals surface area contributed by atoms with E-state index in [4.69, 9.17) is 14.2 Å². The number of halogens is 4. The van der Waals surface area contributed by atoms with Crippen molar-refractivity contribution < 1.29 is 41.4 Å². The number of hydrogen-bond donors (Lipinski definition) is 1. The minimum atomic E-state index is -4.70. The molecule has 7 nitrogen and oxygen atoms in total.